The Morgan fingerprint density at radius 2 is 1.83 bits per heavy atom. The zero-order chi connectivity index (χ0) is 17.1. The van der Waals surface area contributed by atoms with Gasteiger partial charge in [-0.1, -0.05) is 18.7 Å². The summed E-state index contributed by atoms with van der Waals surface area (Å²) in [6.07, 6.45) is 6.01. The summed E-state index contributed by atoms with van der Waals surface area (Å²) in [5.41, 5.74) is 5.87. The Morgan fingerprint density at radius 1 is 1.17 bits per heavy atom. The minimum absolute atomic E-state index is 0.161. The fourth-order valence-electron chi connectivity index (χ4n) is 3.53. The van der Waals surface area contributed by atoms with Crippen molar-refractivity contribution in [2.24, 2.45) is 11.8 Å². The Balaban J connectivity index is 1.57. The van der Waals surface area contributed by atoms with Crippen LogP contribution in [-0.2, 0) is 4.79 Å². The third-order valence-corrected chi connectivity index (χ3v) is 5.71. The lowest BCUT2D eigenvalue weighted by Gasteiger charge is -2.37. The van der Waals surface area contributed by atoms with Crippen molar-refractivity contribution in [3.05, 3.63) is 6.07 Å². The number of thioether (sulfide) groups is 1. The van der Waals surface area contributed by atoms with Gasteiger partial charge in [0.25, 0.3) is 0 Å². The predicted molar refractivity (Wildman–Crippen MR) is 98.1 cm³/mol. The molecular weight excluding hydrogens is 322 g/mol. The van der Waals surface area contributed by atoms with Crippen molar-refractivity contribution in [3.8, 4) is 0 Å². The van der Waals surface area contributed by atoms with Gasteiger partial charge in [0.2, 0.25) is 5.91 Å². The first kappa shape index (κ1) is 17.3. The van der Waals surface area contributed by atoms with Crippen LogP contribution in [0.15, 0.2) is 11.2 Å². The maximum Gasteiger partial charge on any atom is 0.225 e. The van der Waals surface area contributed by atoms with Gasteiger partial charge in [-0.25, -0.2) is 9.97 Å². The molecule has 0 aromatic carbocycles. The standard InChI is InChI=1S/C17H27N5OS/c1-12-3-7-22(8-4-12)16(23)13-5-9-21(10-6-13)15-11-14(18)19-17(20-15)24-2/h11-13H,3-10H2,1-2H3,(H2,18,19,20). The number of anilines is 2. The van der Waals surface area contributed by atoms with Crippen molar-refractivity contribution in [1.82, 2.24) is 14.9 Å². The van der Waals surface area contributed by atoms with E-state index in [0.717, 1.165) is 63.6 Å². The fourth-order valence-corrected chi connectivity index (χ4v) is 3.91. The molecule has 132 valence electrons. The smallest absolute Gasteiger partial charge is 0.225 e. The summed E-state index contributed by atoms with van der Waals surface area (Å²) in [4.78, 5) is 25.8. The molecule has 0 saturated carbocycles. The molecule has 0 unspecified atom stereocenters. The zero-order valence-corrected chi connectivity index (χ0v) is 15.4. The van der Waals surface area contributed by atoms with E-state index in [9.17, 15) is 4.79 Å². The van der Waals surface area contributed by atoms with Gasteiger partial charge in [0.15, 0.2) is 5.16 Å². The summed E-state index contributed by atoms with van der Waals surface area (Å²) in [5, 5.41) is 0.700. The number of hydrogen-bond donors (Lipinski definition) is 1. The van der Waals surface area contributed by atoms with Crippen LogP contribution in [0.5, 0.6) is 0 Å². The number of likely N-dealkylation sites (tertiary alicyclic amines) is 1. The van der Waals surface area contributed by atoms with Crippen LogP contribution in [0.4, 0.5) is 11.6 Å². The van der Waals surface area contributed by atoms with Gasteiger partial charge < -0.3 is 15.5 Å². The molecule has 0 bridgehead atoms. The van der Waals surface area contributed by atoms with Crippen LogP contribution >= 0.6 is 11.8 Å². The molecule has 3 heterocycles. The Hall–Kier alpha value is -1.50. The summed E-state index contributed by atoms with van der Waals surface area (Å²) in [6, 6.07) is 1.83. The highest BCUT2D eigenvalue weighted by Gasteiger charge is 2.30. The second kappa shape index (κ2) is 7.59. The molecule has 2 aliphatic rings. The Labute approximate surface area is 148 Å². The van der Waals surface area contributed by atoms with Gasteiger partial charge in [0.05, 0.1) is 0 Å². The first-order valence-electron chi connectivity index (χ1n) is 8.79. The highest BCUT2D eigenvalue weighted by molar-refractivity contribution is 7.98. The first-order chi connectivity index (χ1) is 11.6. The average molecular weight is 350 g/mol. The highest BCUT2D eigenvalue weighted by atomic mass is 32.2. The van der Waals surface area contributed by atoms with Crippen molar-refractivity contribution in [2.45, 2.75) is 37.8 Å². The highest BCUT2D eigenvalue weighted by Crippen LogP contribution is 2.27. The molecule has 0 radical (unpaired) electrons. The Bertz CT molecular complexity index is 580. The summed E-state index contributed by atoms with van der Waals surface area (Å²) in [7, 11) is 0. The minimum Gasteiger partial charge on any atom is -0.383 e. The zero-order valence-electron chi connectivity index (χ0n) is 14.6. The van der Waals surface area contributed by atoms with E-state index in [1.165, 1.54) is 11.8 Å². The number of amides is 1. The van der Waals surface area contributed by atoms with E-state index in [1.54, 1.807) is 0 Å². The molecule has 2 saturated heterocycles. The maximum atomic E-state index is 12.7. The molecule has 24 heavy (non-hydrogen) atoms. The van der Waals surface area contributed by atoms with E-state index in [2.05, 4.69) is 26.7 Å². The Morgan fingerprint density at radius 3 is 2.46 bits per heavy atom. The molecule has 1 amide bonds. The van der Waals surface area contributed by atoms with E-state index in [-0.39, 0.29) is 5.92 Å². The van der Waals surface area contributed by atoms with Crippen LogP contribution in [-0.4, -0.2) is 53.2 Å². The number of hydrogen-bond acceptors (Lipinski definition) is 6. The van der Waals surface area contributed by atoms with Gasteiger partial charge in [0.1, 0.15) is 11.6 Å². The molecule has 7 heteroatoms. The molecule has 2 aliphatic heterocycles. The van der Waals surface area contributed by atoms with E-state index < -0.39 is 0 Å². The van der Waals surface area contributed by atoms with Crippen LogP contribution in [0.2, 0.25) is 0 Å². The van der Waals surface area contributed by atoms with Crippen molar-refractivity contribution in [2.75, 3.05) is 43.1 Å². The van der Waals surface area contributed by atoms with Gasteiger partial charge in [-0.2, -0.15) is 0 Å². The third-order valence-electron chi connectivity index (χ3n) is 5.16. The number of aromatic nitrogens is 2. The SMILES string of the molecule is CSc1nc(N)cc(N2CCC(C(=O)N3CCC(C)CC3)CC2)n1. The van der Waals surface area contributed by atoms with E-state index in [4.69, 9.17) is 5.73 Å². The van der Waals surface area contributed by atoms with Gasteiger partial charge in [0, 0.05) is 38.2 Å². The van der Waals surface area contributed by atoms with Crippen LogP contribution in [0.3, 0.4) is 0 Å². The van der Waals surface area contributed by atoms with Gasteiger partial charge in [-0.05, 0) is 37.9 Å². The van der Waals surface area contributed by atoms with Crippen molar-refractivity contribution < 1.29 is 4.79 Å². The van der Waals surface area contributed by atoms with E-state index >= 15 is 0 Å². The third kappa shape index (κ3) is 3.94. The molecule has 1 aromatic heterocycles. The normalized spacial score (nSPS) is 20.4. The monoisotopic (exact) mass is 349 g/mol. The fraction of sp³-hybridized carbons (Fsp3) is 0.706. The topological polar surface area (TPSA) is 75.3 Å². The molecule has 0 spiro atoms. The molecule has 2 N–H and O–H groups in total. The number of nitrogen functional groups attached to an aromatic ring is 1. The number of nitrogens with two attached hydrogens (primary N) is 1. The summed E-state index contributed by atoms with van der Waals surface area (Å²) < 4.78 is 0. The van der Waals surface area contributed by atoms with Crippen molar-refractivity contribution in [1.29, 1.82) is 0 Å². The second-order valence-electron chi connectivity index (χ2n) is 6.91. The predicted octanol–water partition coefficient (Wildman–Crippen LogP) is 2.26. The second-order valence-corrected chi connectivity index (χ2v) is 7.68. The van der Waals surface area contributed by atoms with E-state index in [1.807, 2.05) is 12.3 Å². The average Bonchev–Trinajstić information content (AvgIpc) is 2.61. The lowest BCUT2D eigenvalue weighted by molar-refractivity contribution is -0.137. The number of carbonyl (C=O) groups is 1. The van der Waals surface area contributed by atoms with Gasteiger partial charge >= 0.3 is 0 Å². The Kier molecular flexibility index (Phi) is 5.48. The van der Waals surface area contributed by atoms with E-state index in [0.29, 0.717) is 16.9 Å². The lowest BCUT2D eigenvalue weighted by atomic mass is 9.92. The lowest BCUT2D eigenvalue weighted by Crippen LogP contribution is -2.45. The quantitative estimate of drug-likeness (QED) is 0.666. The molecule has 6 nitrogen and oxygen atoms in total. The number of nitrogens with zero attached hydrogens (tertiary/aromatic N) is 4. The van der Waals surface area contributed by atoms with Gasteiger partial charge in [-0.15, -0.1) is 0 Å². The van der Waals surface area contributed by atoms with Crippen LogP contribution in [0.1, 0.15) is 32.6 Å². The number of piperidine rings is 2. The number of carbonyl (C=O) groups excluding carboxylic acids is 1. The van der Waals surface area contributed by atoms with Crippen molar-refractivity contribution >= 4 is 29.3 Å². The molecule has 0 aliphatic carbocycles. The summed E-state index contributed by atoms with van der Waals surface area (Å²) >= 11 is 1.50. The maximum absolute atomic E-state index is 12.7. The summed E-state index contributed by atoms with van der Waals surface area (Å²) in [5.74, 6) is 2.65. The largest absolute Gasteiger partial charge is 0.383 e. The van der Waals surface area contributed by atoms with Crippen LogP contribution < -0.4 is 10.6 Å². The molecule has 1 aromatic rings. The minimum atomic E-state index is 0.161. The molecule has 0 atom stereocenters. The molecule has 3 rings (SSSR count). The van der Waals surface area contributed by atoms with Crippen molar-refractivity contribution in [3.63, 3.8) is 0 Å². The summed E-state index contributed by atoms with van der Waals surface area (Å²) in [6.45, 7) is 5.84. The number of rotatable bonds is 3. The molecule has 2 fully saturated rings. The van der Waals surface area contributed by atoms with Gasteiger partial charge in [-0.3, -0.25) is 4.79 Å². The van der Waals surface area contributed by atoms with Crippen LogP contribution in [0.25, 0.3) is 0 Å². The first-order valence-corrected chi connectivity index (χ1v) is 10.0. The molecular formula is C17H27N5OS. The van der Waals surface area contributed by atoms with Crippen LogP contribution in [0, 0.1) is 11.8 Å².